The van der Waals surface area contributed by atoms with Crippen molar-refractivity contribution in [3.63, 3.8) is 0 Å². The molecule has 0 radical (unpaired) electrons. The molecule has 150 valence electrons. The number of rotatable bonds is 7. The lowest BCUT2D eigenvalue weighted by Crippen LogP contribution is -2.36. The van der Waals surface area contributed by atoms with Crippen LogP contribution in [-0.4, -0.2) is 36.6 Å². The van der Waals surface area contributed by atoms with Gasteiger partial charge in [0.1, 0.15) is 0 Å². The van der Waals surface area contributed by atoms with Crippen molar-refractivity contribution >= 4 is 5.91 Å². The van der Waals surface area contributed by atoms with E-state index in [9.17, 15) is 9.90 Å². The third-order valence-corrected chi connectivity index (χ3v) is 5.36. The summed E-state index contributed by atoms with van der Waals surface area (Å²) in [6.07, 6.45) is 4.84. The van der Waals surface area contributed by atoms with Gasteiger partial charge < -0.3 is 15.2 Å². The van der Waals surface area contributed by atoms with Crippen LogP contribution in [0.2, 0.25) is 0 Å². The Hall–Kier alpha value is -2.53. The van der Waals surface area contributed by atoms with Gasteiger partial charge in [-0.15, -0.1) is 0 Å². The molecule has 0 fully saturated rings. The van der Waals surface area contributed by atoms with Gasteiger partial charge in [0.15, 0.2) is 11.5 Å². The second kappa shape index (κ2) is 9.11. The number of benzene rings is 2. The number of ether oxygens (including phenoxy) is 1. The number of hydrogen-bond acceptors (Lipinski definition) is 4. The largest absolute Gasteiger partial charge is 0.504 e. The number of carbonyl (C=O) groups is 1. The fraction of sp³-hybridized carbons (Fsp3) is 0.435. The zero-order valence-electron chi connectivity index (χ0n) is 17.0. The van der Waals surface area contributed by atoms with Crippen LogP contribution in [0, 0.1) is 0 Å². The maximum absolute atomic E-state index is 12.5. The van der Waals surface area contributed by atoms with E-state index in [-0.39, 0.29) is 17.7 Å². The van der Waals surface area contributed by atoms with Crippen LogP contribution in [-0.2, 0) is 24.2 Å². The molecule has 0 aliphatic heterocycles. The number of likely N-dealkylation sites (N-methyl/N-ethyl adjacent to an activating group) is 1. The average molecular weight is 383 g/mol. The quantitative estimate of drug-likeness (QED) is 0.768. The molecule has 1 amide bonds. The van der Waals surface area contributed by atoms with Crippen LogP contribution in [0.25, 0.3) is 0 Å². The monoisotopic (exact) mass is 382 g/mol. The third kappa shape index (κ3) is 5.04. The van der Waals surface area contributed by atoms with Crippen molar-refractivity contribution in [1.29, 1.82) is 0 Å². The Bertz CT molecular complexity index is 835. The molecular formula is C23H30N2O3. The Morgan fingerprint density at radius 2 is 1.93 bits per heavy atom. The lowest BCUT2D eigenvalue weighted by atomic mass is 9.89. The number of methoxy groups -OCH3 is 1. The Labute approximate surface area is 167 Å². The SMILES string of the molecule is COc1cc(CN(C)CC(=O)NC(C)c2ccc3c(c2)CCCC3)ccc1O. The molecular weight excluding hydrogens is 352 g/mol. The molecule has 1 unspecified atom stereocenters. The fourth-order valence-corrected chi connectivity index (χ4v) is 3.83. The Morgan fingerprint density at radius 3 is 2.68 bits per heavy atom. The van der Waals surface area contributed by atoms with Gasteiger partial charge in [0.25, 0.3) is 0 Å². The van der Waals surface area contributed by atoms with Gasteiger partial charge in [0, 0.05) is 6.54 Å². The van der Waals surface area contributed by atoms with Gasteiger partial charge in [0.05, 0.1) is 19.7 Å². The number of phenolic OH excluding ortho intramolecular Hbond substituents is 1. The highest BCUT2D eigenvalue weighted by atomic mass is 16.5. The summed E-state index contributed by atoms with van der Waals surface area (Å²) in [5.74, 6) is 0.556. The van der Waals surface area contributed by atoms with E-state index in [1.165, 1.54) is 43.1 Å². The molecule has 5 nitrogen and oxygen atoms in total. The molecule has 1 atom stereocenters. The Balaban J connectivity index is 1.54. The molecule has 28 heavy (non-hydrogen) atoms. The number of aromatic hydroxyl groups is 1. The van der Waals surface area contributed by atoms with Crippen molar-refractivity contribution in [3.8, 4) is 11.5 Å². The third-order valence-electron chi connectivity index (χ3n) is 5.36. The summed E-state index contributed by atoms with van der Waals surface area (Å²) >= 11 is 0. The molecule has 0 aromatic heterocycles. The number of carbonyl (C=O) groups excluding carboxylic acids is 1. The molecule has 2 aromatic carbocycles. The van der Waals surface area contributed by atoms with Gasteiger partial charge in [-0.25, -0.2) is 0 Å². The number of hydrogen-bond donors (Lipinski definition) is 2. The van der Waals surface area contributed by atoms with E-state index in [1.54, 1.807) is 12.1 Å². The normalized spacial score (nSPS) is 14.4. The fourth-order valence-electron chi connectivity index (χ4n) is 3.83. The van der Waals surface area contributed by atoms with E-state index in [0.717, 1.165) is 12.0 Å². The second-order valence-electron chi connectivity index (χ2n) is 7.70. The molecule has 5 heteroatoms. The Morgan fingerprint density at radius 1 is 1.18 bits per heavy atom. The summed E-state index contributed by atoms with van der Waals surface area (Å²) in [5.41, 5.74) is 5.04. The molecule has 3 rings (SSSR count). The Kier molecular flexibility index (Phi) is 6.57. The molecule has 1 aliphatic rings. The average Bonchev–Trinajstić information content (AvgIpc) is 2.68. The zero-order chi connectivity index (χ0) is 20.1. The van der Waals surface area contributed by atoms with Gasteiger partial charge in [0.2, 0.25) is 5.91 Å². The van der Waals surface area contributed by atoms with Crippen molar-refractivity contribution < 1.29 is 14.6 Å². The minimum Gasteiger partial charge on any atom is -0.504 e. The highest BCUT2D eigenvalue weighted by molar-refractivity contribution is 5.78. The van der Waals surface area contributed by atoms with Gasteiger partial charge >= 0.3 is 0 Å². The highest BCUT2D eigenvalue weighted by Crippen LogP contribution is 2.27. The molecule has 0 saturated heterocycles. The lowest BCUT2D eigenvalue weighted by molar-refractivity contribution is -0.122. The van der Waals surface area contributed by atoms with Crippen LogP contribution >= 0.6 is 0 Å². The first-order chi connectivity index (χ1) is 13.5. The predicted molar refractivity (Wildman–Crippen MR) is 111 cm³/mol. The maximum atomic E-state index is 12.5. The summed E-state index contributed by atoms with van der Waals surface area (Å²) in [4.78, 5) is 14.4. The van der Waals surface area contributed by atoms with E-state index < -0.39 is 0 Å². The van der Waals surface area contributed by atoms with Crippen molar-refractivity contribution in [2.24, 2.45) is 0 Å². The molecule has 0 bridgehead atoms. The predicted octanol–water partition coefficient (Wildman–Crippen LogP) is 3.59. The molecule has 1 aliphatic carbocycles. The van der Waals surface area contributed by atoms with E-state index in [2.05, 4.69) is 23.5 Å². The van der Waals surface area contributed by atoms with Crippen LogP contribution < -0.4 is 10.1 Å². The first kappa shape index (κ1) is 20.2. The highest BCUT2D eigenvalue weighted by Gasteiger charge is 2.15. The van der Waals surface area contributed by atoms with Crippen molar-refractivity contribution in [2.45, 2.75) is 45.2 Å². The molecule has 0 heterocycles. The molecule has 0 spiro atoms. The van der Waals surface area contributed by atoms with E-state index in [0.29, 0.717) is 18.8 Å². The van der Waals surface area contributed by atoms with E-state index in [1.807, 2.05) is 24.9 Å². The van der Waals surface area contributed by atoms with Crippen molar-refractivity contribution in [2.75, 3.05) is 20.7 Å². The summed E-state index contributed by atoms with van der Waals surface area (Å²) in [5, 5.41) is 12.8. The van der Waals surface area contributed by atoms with Gasteiger partial charge in [-0.05, 0) is 74.0 Å². The van der Waals surface area contributed by atoms with Crippen LogP contribution in [0.3, 0.4) is 0 Å². The number of fused-ring (bicyclic) bond motifs is 1. The van der Waals surface area contributed by atoms with Gasteiger partial charge in [-0.2, -0.15) is 0 Å². The number of amides is 1. The molecule has 2 aromatic rings. The van der Waals surface area contributed by atoms with Gasteiger partial charge in [-0.3, -0.25) is 9.69 Å². The molecule has 2 N–H and O–H groups in total. The van der Waals surface area contributed by atoms with Gasteiger partial charge in [-0.1, -0.05) is 24.3 Å². The standard InChI is InChI=1S/C23H30N2O3/c1-16(19-10-9-18-6-4-5-7-20(18)13-19)24-23(27)15-25(2)14-17-8-11-21(26)22(12-17)28-3/h8-13,16,26H,4-7,14-15H2,1-3H3,(H,24,27). The summed E-state index contributed by atoms with van der Waals surface area (Å²) in [7, 11) is 3.43. The number of nitrogens with zero attached hydrogens (tertiary/aromatic N) is 1. The second-order valence-corrected chi connectivity index (χ2v) is 7.70. The zero-order valence-corrected chi connectivity index (χ0v) is 17.0. The smallest absolute Gasteiger partial charge is 0.234 e. The van der Waals surface area contributed by atoms with Crippen LogP contribution in [0.4, 0.5) is 0 Å². The maximum Gasteiger partial charge on any atom is 0.234 e. The first-order valence-corrected chi connectivity index (χ1v) is 9.91. The number of nitrogens with one attached hydrogen (secondary N) is 1. The minimum atomic E-state index is -0.0121. The van der Waals surface area contributed by atoms with Crippen LogP contribution in [0.1, 0.15) is 48.1 Å². The topological polar surface area (TPSA) is 61.8 Å². The molecule has 0 saturated carbocycles. The summed E-state index contributed by atoms with van der Waals surface area (Å²) in [6, 6.07) is 11.8. The number of phenols is 1. The van der Waals surface area contributed by atoms with E-state index >= 15 is 0 Å². The summed E-state index contributed by atoms with van der Waals surface area (Å²) < 4.78 is 5.14. The van der Waals surface area contributed by atoms with Crippen molar-refractivity contribution in [3.05, 3.63) is 58.7 Å². The van der Waals surface area contributed by atoms with Crippen LogP contribution in [0.15, 0.2) is 36.4 Å². The van der Waals surface area contributed by atoms with Crippen LogP contribution in [0.5, 0.6) is 11.5 Å². The lowest BCUT2D eigenvalue weighted by Gasteiger charge is -2.22. The number of aryl methyl sites for hydroxylation is 2. The minimum absolute atomic E-state index is 0.00142. The van der Waals surface area contributed by atoms with E-state index in [4.69, 9.17) is 4.74 Å². The van der Waals surface area contributed by atoms with Crippen molar-refractivity contribution in [1.82, 2.24) is 10.2 Å². The summed E-state index contributed by atoms with van der Waals surface area (Å²) in [6.45, 7) is 2.93. The first-order valence-electron chi connectivity index (χ1n) is 9.91.